The molecule has 0 aliphatic heterocycles. The molecule has 2 aromatic carbocycles. The number of carbonyl (C=O) groups is 1. The number of rotatable bonds is 4. The fourth-order valence-corrected chi connectivity index (χ4v) is 2.34. The Bertz CT molecular complexity index is 627. The molecule has 0 spiro atoms. The van der Waals surface area contributed by atoms with E-state index in [2.05, 4.69) is 18.3 Å². The van der Waals surface area contributed by atoms with Crippen molar-refractivity contribution < 1.29 is 4.79 Å². The molecule has 20 heavy (non-hydrogen) atoms. The molecule has 1 N–H and O–H groups in total. The highest BCUT2D eigenvalue weighted by Gasteiger charge is 2.12. The van der Waals surface area contributed by atoms with Gasteiger partial charge in [0.1, 0.15) is 0 Å². The molecule has 0 aromatic heterocycles. The molecule has 0 atom stereocenters. The van der Waals surface area contributed by atoms with Gasteiger partial charge in [-0.2, -0.15) is 0 Å². The van der Waals surface area contributed by atoms with Gasteiger partial charge in [0.25, 0.3) is 0 Å². The van der Waals surface area contributed by atoms with Gasteiger partial charge in [0, 0.05) is 17.7 Å². The molecule has 0 fully saturated rings. The topological polar surface area (TPSA) is 29.1 Å². The van der Waals surface area contributed by atoms with Gasteiger partial charge < -0.3 is 5.32 Å². The summed E-state index contributed by atoms with van der Waals surface area (Å²) in [5, 5.41) is 3.10. The van der Waals surface area contributed by atoms with Crippen molar-refractivity contribution in [2.45, 2.75) is 27.3 Å². The van der Waals surface area contributed by atoms with Crippen molar-refractivity contribution in [1.29, 1.82) is 0 Å². The van der Waals surface area contributed by atoms with E-state index in [9.17, 15) is 4.79 Å². The lowest BCUT2D eigenvalue weighted by Gasteiger charge is -2.09. The minimum absolute atomic E-state index is 0.0987. The molecule has 0 unspecified atom stereocenters. The predicted octanol–water partition coefficient (Wildman–Crippen LogP) is 3.56. The number of nitrogens with one attached hydrogen (secondary N) is 1. The Kier molecular flexibility index (Phi) is 4.35. The quantitative estimate of drug-likeness (QED) is 0.858. The van der Waals surface area contributed by atoms with Gasteiger partial charge in [-0.1, -0.05) is 30.3 Å². The molecule has 0 radical (unpaired) electrons. The van der Waals surface area contributed by atoms with E-state index in [1.165, 1.54) is 11.1 Å². The van der Waals surface area contributed by atoms with Crippen molar-refractivity contribution in [3.63, 3.8) is 0 Å². The molecular weight excluding hydrogens is 246 g/mol. The van der Waals surface area contributed by atoms with Crippen LogP contribution in [0.5, 0.6) is 0 Å². The van der Waals surface area contributed by atoms with Crippen molar-refractivity contribution in [2.24, 2.45) is 0 Å². The summed E-state index contributed by atoms with van der Waals surface area (Å²) in [5.41, 5.74) is 6.15. The lowest BCUT2D eigenvalue weighted by Crippen LogP contribution is -2.07. The monoisotopic (exact) mass is 267 g/mol. The lowest BCUT2D eigenvalue weighted by atomic mass is 9.94. The molecule has 2 aromatic rings. The molecule has 0 aliphatic carbocycles. The van der Waals surface area contributed by atoms with Gasteiger partial charge in [-0.15, -0.1) is 0 Å². The first-order valence-corrected chi connectivity index (χ1v) is 6.89. The second kappa shape index (κ2) is 6.02. The van der Waals surface area contributed by atoms with E-state index in [1.54, 1.807) is 0 Å². The van der Waals surface area contributed by atoms with Crippen LogP contribution in [0.2, 0.25) is 0 Å². The van der Waals surface area contributed by atoms with E-state index in [4.69, 9.17) is 0 Å². The summed E-state index contributed by atoms with van der Waals surface area (Å²) in [6.07, 6.45) is 0. The van der Waals surface area contributed by atoms with Crippen molar-refractivity contribution in [1.82, 2.24) is 5.32 Å². The van der Waals surface area contributed by atoms with Gasteiger partial charge in [-0.25, -0.2) is 0 Å². The summed E-state index contributed by atoms with van der Waals surface area (Å²) in [5.74, 6) is 0.0987. The Morgan fingerprint density at radius 1 is 0.950 bits per heavy atom. The molecule has 0 heterocycles. The number of hydrogen-bond acceptors (Lipinski definition) is 2. The highest BCUT2D eigenvalue weighted by molar-refractivity contribution is 6.10. The van der Waals surface area contributed by atoms with E-state index in [0.29, 0.717) is 0 Å². The second-order valence-electron chi connectivity index (χ2n) is 5.31. The van der Waals surface area contributed by atoms with Gasteiger partial charge in [0.05, 0.1) is 0 Å². The number of benzene rings is 2. The van der Waals surface area contributed by atoms with Gasteiger partial charge in [0.2, 0.25) is 0 Å². The van der Waals surface area contributed by atoms with Crippen LogP contribution in [0.25, 0.3) is 0 Å². The van der Waals surface area contributed by atoms with Crippen molar-refractivity contribution in [2.75, 3.05) is 7.05 Å². The fourth-order valence-electron chi connectivity index (χ4n) is 2.34. The van der Waals surface area contributed by atoms with Crippen molar-refractivity contribution >= 4 is 5.78 Å². The minimum Gasteiger partial charge on any atom is -0.316 e. The van der Waals surface area contributed by atoms with Crippen LogP contribution in [0.1, 0.15) is 38.2 Å². The zero-order chi connectivity index (χ0) is 14.7. The van der Waals surface area contributed by atoms with Crippen LogP contribution in [0, 0.1) is 20.8 Å². The van der Waals surface area contributed by atoms with Gasteiger partial charge in [0.15, 0.2) is 5.78 Å². The van der Waals surface area contributed by atoms with Gasteiger partial charge in [-0.05, 0) is 56.1 Å². The third-order valence-electron chi connectivity index (χ3n) is 3.68. The zero-order valence-corrected chi connectivity index (χ0v) is 12.6. The Labute approximate surface area is 120 Å². The summed E-state index contributed by atoms with van der Waals surface area (Å²) in [7, 11) is 1.91. The van der Waals surface area contributed by atoms with E-state index < -0.39 is 0 Å². The average molecular weight is 267 g/mol. The summed E-state index contributed by atoms with van der Waals surface area (Å²) >= 11 is 0. The highest BCUT2D eigenvalue weighted by Crippen LogP contribution is 2.19. The lowest BCUT2D eigenvalue weighted by molar-refractivity contribution is 0.103. The Hall–Kier alpha value is -1.93. The summed E-state index contributed by atoms with van der Waals surface area (Å²) in [6.45, 7) is 6.93. The van der Waals surface area contributed by atoms with Crippen LogP contribution in [0.4, 0.5) is 0 Å². The largest absolute Gasteiger partial charge is 0.316 e. The van der Waals surface area contributed by atoms with Crippen LogP contribution in [0.3, 0.4) is 0 Å². The molecule has 0 saturated carbocycles. The van der Waals surface area contributed by atoms with E-state index in [0.717, 1.165) is 28.8 Å². The molecule has 2 heteroatoms. The normalized spacial score (nSPS) is 10.6. The third-order valence-corrected chi connectivity index (χ3v) is 3.68. The predicted molar refractivity (Wildman–Crippen MR) is 83.3 cm³/mol. The maximum atomic E-state index is 12.6. The van der Waals surface area contributed by atoms with E-state index in [-0.39, 0.29) is 5.78 Å². The zero-order valence-electron chi connectivity index (χ0n) is 12.6. The number of carbonyl (C=O) groups excluding carboxylic acids is 1. The molecule has 0 amide bonds. The Morgan fingerprint density at radius 3 is 2.15 bits per heavy atom. The maximum Gasteiger partial charge on any atom is 0.193 e. The molecule has 0 bridgehead atoms. The number of aryl methyl sites for hydroxylation is 3. The maximum absolute atomic E-state index is 12.6. The van der Waals surface area contributed by atoms with E-state index in [1.807, 2.05) is 51.2 Å². The fraction of sp³-hybridized carbons (Fsp3) is 0.278. The summed E-state index contributed by atoms with van der Waals surface area (Å²) in [6, 6.07) is 11.9. The number of ketones is 1. The smallest absolute Gasteiger partial charge is 0.193 e. The van der Waals surface area contributed by atoms with Crippen LogP contribution < -0.4 is 5.32 Å². The van der Waals surface area contributed by atoms with Crippen molar-refractivity contribution in [3.05, 3.63) is 69.8 Å². The standard InChI is InChI=1S/C18H21NO/c1-12-9-14(3)17(10-13(12)2)18(20)16-7-5-15(6-8-16)11-19-4/h5-10,19H,11H2,1-4H3. The molecule has 0 saturated heterocycles. The summed E-state index contributed by atoms with van der Waals surface area (Å²) < 4.78 is 0. The highest BCUT2D eigenvalue weighted by atomic mass is 16.1. The third kappa shape index (κ3) is 2.97. The molecule has 2 rings (SSSR count). The van der Waals surface area contributed by atoms with Crippen molar-refractivity contribution in [3.8, 4) is 0 Å². The van der Waals surface area contributed by atoms with Crippen LogP contribution >= 0.6 is 0 Å². The second-order valence-corrected chi connectivity index (χ2v) is 5.31. The first kappa shape index (κ1) is 14.5. The van der Waals surface area contributed by atoms with E-state index >= 15 is 0 Å². The van der Waals surface area contributed by atoms with Gasteiger partial charge >= 0.3 is 0 Å². The molecule has 104 valence electrons. The summed E-state index contributed by atoms with van der Waals surface area (Å²) in [4.78, 5) is 12.6. The average Bonchev–Trinajstić information content (AvgIpc) is 2.43. The minimum atomic E-state index is 0.0987. The number of hydrogen-bond donors (Lipinski definition) is 1. The van der Waals surface area contributed by atoms with Crippen LogP contribution in [-0.4, -0.2) is 12.8 Å². The molecule has 2 nitrogen and oxygen atoms in total. The molecule has 0 aliphatic rings. The van der Waals surface area contributed by atoms with Crippen LogP contribution in [0.15, 0.2) is 36.4 Å². The van der Waals surface area contributed by atoms with Crippen LogP contribution in [-0.2, 0) is 6.54 Å². The Morgan fingerprint density at radius 2 is 1.55 bits per heavy atom. The first-order chi connectivity index (χ1) is 9.52. The SMILES string of the molecule is CNCc1ccc(C(=O)c2cc(C)c(C)cc2C)cc1. The Balaban J connectivity index is 2.33. The van der Waals surface area contributed by atoms with Gasteiger partial charge in [-0.3, -0.25) is 4.79 Å². The molecular formula is C18H21NO. The first-order valence-electron chi connectivity index (χ1n) is 6.89.